The molecule has 9 heteroatoms. The lowest BCUT2D eigenvalue weighted by Gasteiger charge is -2.18. The lowest BCUT2D eigenvalue weighted by Crippen LogP contribution is -2.14. The number of hydrogen-bond donors (Lipinski definition) is 3. The van der Waals surface area contributed by atoms with Gasteiger partial charge in [0.25, 0.3) is 5.91 Å². The molecule has 4 N–H and O–H groups in total. The Bertz CT molecular complexity index is 1060. The number of carbonyl (C=O) groups excluding carboxylic acids is 1. The van der Waals surface area contributed by atoms with E-state index in [0.29, 0.717) is 57.2 Å². The predicted octanol–water partition coefficient (Wildman–Crippen LogP) is 3.27. The average molecular weight is 402 g/mol. The number of benzene rings is 1. The van der Waals surface area contributed by atoms with Crippen LogP contribution in [0.25, 0.3) is 10.2 Å². The van der Waals surface area contributed by atoms with E-state index in [1.54, 1.807) is 13.0 Å². The fourth-order valence-corrected chi connectivity index (χ4v) is 4.43. The number of ether oxygens (including phenoxy) is 1. The minimum absolute atomic E-state index is 0.174. The van der Waals surface area contributed by atoms with E-state index in [-0.39, 0.29) is 6.10 Å². The molecule has 0 spiro atoms. The first kappa shape index (κ1) is 18.6. The highest BCUT2D eigenvalue weighted by molar-refractivity contribution is 7.20. The quantitative estimate of drug-likeness (QED) is 0.604. The van der Waals surface area contributed by atoms with Gasteiger partial charge in [0.2, 0.25) is 0 Å². The molecule has 1 aliphatic carbocycles. The third-order valence-corrected chi connectivity index (χ3v) is 6.01. The lowest BCUT2D eigenvalue weighted by atomic mass is 10.2. The molecule has 146 valence electrons. The number of nitrogens with two attached hydrogens (primary N) is 1. The van der Waals surface area contributed by atoms with E-state index in [9.17, 15) is 14.3 Å². The van der Waals surface area contributed by atoms with Crippen LogP contribution in [-0.4, -0.2) is 33.2 Å². The van der Waals surface area contributed by atoms with Crippen LogP contribution >= 0.6 is 11.3 Å². The van der Waals surface area contributed by atoms with Crippen molar-refractivity contribution in [2.24, 2.45) is 5.73 Å². The van der Waals surface area contributed by atoms with Gasteiger partial charge in [0.05, 0.1) is 22.1 Å². The first-order valence-electron chi connectivity index (χ1n) is 8.87. The van der Waals surface area contributed by atoms with Gasteiger partial charge in [-0.25, -0.2) is 14.4 Å². The summed E-state index contributed by atoms with van der Waals surface area (Å²) in [6.07, 6.45) is 2.71. The third kappa shape index (κ3) is 3.50. The van der Waals surface area contributed by atoms with Crippen molar-refractivity contribution in [2.75, 3.05) is 5.32 Å². The summed E-state index contributed by atoms with van der Waals surface area (Å²) in [7, 11) is 0. The number of hydrogen-bond acceptors (Lipinski definition) is 7. The highest BCUT2D eigenvalue weighted by atomic mass is 32.1. The standard InChI is InChI=1S/C19H19FN4O3S/c1-9-15-18(22-8-23-19(15)28-16(9)17(21)26)24-13-5-2-10(20)6-14(13)27-12-4-3-11(25)7-12/h2,5-6,8,11-12,25H,3-4,7H2,1H3,(H2,21,26)(H,22,23,24)/t11-,12-/m1/s1. The maximum Gasteiger partial charge on any atom is 0.259 e. The Kier molecular flexibility index (Phi) is 4.86. The van der Waals surface area contributed by atoms with Crippen molar-refractivity contribution in [3.63, 3.8) is 0 Å². The van der Waals surface area contributed by atoms with Gasteiger partial charge in [-0.2, -0.15) is 0 Å². The van der Waals surface area contributed by atoms with Gasteiger partial charge in [0.1, 0.15) is 34.6 Å². The number of aliphatic hydroxyl groups excluding tert-OH is 1. The average Bonchev–Trinajstić information content (AvgIpc) is 3.21. The molecule has 2 atom stereocenters. The zero-order chi connectivity index (χ0) is 19.8. The molecule has 1 amide bonds. The summed E-state index contributed by atoms with van der Waals surface area (Å²) in [6.45, 7) is 1.79. The summed E-state index contributed by atoms with van der Waals surface area (Å²) in [5.74, 6) is -0.116. The number of halogens is 1. The van der Waals surface area contributed by atoms with E-state index in [0.717, 1.165) is 0 Å². The largest absolute Gasteiger partial charge is 0.488 e. The number of nitrogens with zero attached hydrogens (tertiary/aromatic N) is 2. The summed E-state index contributed by atoms with van der Waals surface area (Å²) < 4.78 is 19.8. The van der Waals surface area contributed by atoms with Gasteiger partial charge in [0, 0.05) is 12.5 Å². The topological polar surface area (TPSA) is 110 Å². The highest BCUT2D eigenvalue weighted by Gasteiger charge is 2.25. The summed E-state index contributed by atoms with van der Waals surface area (Å²) in [4.78, 5) is 21.2. The van der Waals surface area contributed by atoms with Crippen LogP contribution in [0.1, 0.15) is 34.5 Å². The second-order valence-corrected chi connectivity index (χ2v) is 7.79. The molecule has 4 rings (SSSR count). The molecule has 2 heterocycles. The predicted molar refractivity (Wildman–Crippen MR) is 105 cm³/mol. The SMILES string of the molecule is Cc1c(C(N)=O)sc2ncnc(Nc3ccc(F)cc3O[C@@H]3CC[C@@H](O)C3)c12. The van der Waals surface area contributed by atoms with Crippen molar-refractivity contribution in [2.45, 2.75) is 38.4 Å². The third-order valence-electron chi connectivity index (χ3n) is 4.80. The molecule has 0 radical (unpaired) electrons. The van der Waals surface area contributed by atoms with Crippen molar-refractivity contribution in [3.8, 4) is 5.75 Å². The normalized spacial score (nSPS) is 19.1. The Morgan fingerprint density at radius 3 is 2.93 bits per heavy atom. The van der Waals surface area contributed by atoms with Crippen LogP contribution in [0.3, 0.4) is 0 Å². The number of fused-ring (bicyclic) bond motifs is 1. The number of anilines is 2. The fraction of sp³-hybridized carbons (Fsp3) is 0.316. The molecule has 1 fully saturated rings. The fourth-order valence-electron chi connectivity index (χ4n) is 3.43. The first-order chi connectivity index (χ1) is 13.4. The number of rotatable bonds is 5. The molecular weight excluding hydrogens is 383 g/mol. The summed E-state index contributed by atoms with van der Waals surface area (Å²) in [6, 6.07) is 4.20. The number of primary amides is 1. The van der Waals surface area contributed by atoms with Crippen molar-refractivity contribution >= 4 is 39.0 Å². The molecule has 1 saturated carbocycles. The molecule has 0 aliphatic heterocycles. The Morgan fingerprint density at radius 1 is 1.39 bits per heavy atom. The molecule has 1 aromatic carbocycles. The van der Waals surface area contributed by atoms with E-state index >= 15 is 0 Å². The van der Waals surface area contributed by atoms with E-state index in [1.165, 1.54) is 29.8 Å². The Balaban J connectivity index is 1.70. The monoisotopic (exact) mass is 402 g/mol. The molecule has 0 bridgehead atoms. The molecule has 28 heavy (non-hydrogen) atoms. The van der Waals surface area contributed by atoms with Crippen molar-refractivity contribution in [1.29, 1.82) is 0 Å². The summed E-state index contributed by atoms with van der Waals surface area (Å²) in [5.41, 5.74) is 6.67. The number of thiophene rings is 1. The summed E-state index contributed by atoms with van der Waals surface area (Å²) >= 11 is 1.21. The zero-order valence-electron chi connectivity index (χ0n) is 15.1. The van der Waals surface area contributed by atoms with Crippen LogP contribution in [0.2, 0.25) is 0 Å². The van der Waals surface area contributed by atoms with Gasteiger partial charge in [-0.15, -0.1) is 11.3 Å². The summed E-state index contributed by atoms with van der Waals surface area (Å²) in [5, 5.41) is 13.6. The highest BCUT2D eigenvalue weighted by Crippen LogP contribution is 2.37. The van der Waals surface area contributed by atoms with Gasteiger partial charge in [-0.1, -0.05) is 0 Å². The number of nitrogens with one attached hydrogen (secondary N) is 1. The van der Waals surface area contributed by atoms with Crippen molar-refractivity contribution < 1.29 is 19.0 Å². The number of aromatic nitrogens is 2. The number of aliphatic hydroxyl groups is 1. The van der Waals surface area contributed by atoms with E-state index < -0.39 is 17.8 Å². The smallest absolute Gasteiger partial charge is 0.259 e. The van der Waals surface area contributed by atoms with Crippen molar-refractivity contribution in [1.82, 2.24) is 9.97 Å². The molecule has 0 saturated heterocycles. The minimum atomic E-state index is -0.517. The lowest BCUT2D eigenvalue weighted by molar-refractivity contribution is 0.100. The van der Waals surface area contributed by atoms with E-state index in [1.807, 2.05) is 0 Å². The van der Waals surface area contributed by atoms with Gasteiger partial charge in [0.15, 0.2) is 0 Å². The molecule has 3 aromatic rings. The van der Waals surface area contributed by atoms with E-state index in [2.05, 4.69) is 15.3 Å². The zero-order valence-corrected chi connectivity index (χ0v) is 15.9. The van der Waals surface area contributed by atoms with E-state index in [4.69, 9.17) is 10.5 Å². The molecule has 0 unspecified atom stereocenters. The van der Waals surface area contributed by atoms with Gasteiger partial charge >= 0.3 is 0 Å². The molecule has 7 nitrogen and oxygen atoms in total. The first-order valence-corrected chi connectivity index (χ1v) is 9.69. The Morgan fingerprint density at radius 2 is 2.21 bits per heavy atom. The van der Waals surface area contributed by atoms with Crippen LogP contribution in [0, 0.1) is 12.7 Å². The molecule has 1 aliphatic rings. The maximum atomic E-state index is 13.8. The van der Waals surface area contributed by atoms with Crippen LogP contribution < -0.4 is 15.8 Å². The maximum absolute atomic E-state index is 13.8. The van der Waals surface area contributed by atoms with Crippen molar-refractivity contribution in [3.05, 3.63) is 40.8 Å². The minimum Gasteiger partial charge on any atom is -0.488 e. The Hall–Kier alpha value is -2.78. The van der Waals surface area contributed by atoms with Crippen LogP contribution in [0.4, 0.5) is 15.9 Å². The van der Waals surface area contributed by atoms with Gasteiger partial charge < -0.3 is 20.9 Å². The van der Waals surface area contributed by atoms with Crippen LogP contribution in [0.5, 0.6) is 5.75 Å². The number of carbonyl (C=O) groups is 1. The second kappa shape index (κ2) is 7.33. The van der Waals surface area contributed by atoms with Gasteiger partial charge in [-0.3, -0.25) is 4.79 Å². The Labute approximate surface area is 164 Å². The second-order valence-electron chi connectivity index (χ2n) is 6.80. The van der Waals surface area contributed by atoms with Crippen LogP contribution in [0.15, 0.2) is 24.5 Å². The van der Waals surface area contributed by atoms with Crippen LogP contribution in [-0.2, 0) is 0 Å². The van der Waals surface area contributed by atoms with Gasteiger partial charge in [-0.05, 0) is 37.5 Å². The number of amides is 1. The molecular formula is C19H19FN4O3S. The number of aryl methyl sites for hydroxylation is 1. The molecule has 2 aromatic heterocycles.